The Labute approximate surface area is 166 Å². The number of rotatable bonds is 8. The van der Waals surface area contributed by atoms with Crippen molar-refractivity contribution >= 4 is 5.57 Å². The van der Waals surface area contributed by atoms with Gasteiger partial charge in [0.1, 0.15) is 0 Å². The predicted octanol–water partition coefficient (Wildman–Crippen LogP) is 4.45. The first kappa shape index (κ1) is 20.1. The van der Waals surface area contributed by atoms with Gasteiger partial charge in [-0.2, -0.15) is 4.98 Å². The fourth-order valence-electron chi connectivity index (χ4n) is 3.44. The quantitative estimate of drug-likeness (QED) is 0.671. The van der Waals surface area contributed by atoms with Crippen molar-refractivity contribution in [1.82, 2.24) is 15.0 Å². The van der Waals surface area contributed by atoms with Crippen molar-refractivity contribution in [1.29, 1.82) is 0 Å². The minimum atomic E-state index is 0.475. The van der Waals surface area contributed by atoms with Gasteiger partial charge in [0.2, 0.25) is 5.82 Å². The molecular formula is C22H29N3O3. The van der Waals surface area contributed by atoms with E-state index in [1.807, 2.05) is 32.0 Å². The van der Waals surface area contributed by atoms with Crippen molar-refractivity contribution in [2.75, 3.05) is 33.9 Å². The van der Waals surface area contributed by atoms with E-state index in [2.05, 4.69) is 48.2 Å². The number of hydrogen-bond donors (Lipinski definition) is 0. The Hall–Kier alpha value is -2.60. The largest absolute Gasteiger partial charge is 0.490 e. The second-order valence-electron chi connectivity index (χ2n) is 7.23. The van der Waals surface area contributed by atoms with E-state index in [0.29, 0.717) is 42.3 Å². The van der Waals surface area contributed by atoms with Gasteiger partial charge in [0.25, 0.3) is 5.89 Å². The smallest absolute Gasteiger partial charge is 0.258 e. The Morgan fingerprint density at radius 1 is 1.14 bits per heavy atom. The van der Waals surface area contributed by atoms with Crippen molar-refractivity contribution in [2.24, 2.45) is 5.92 Å². The molecule has 1 heterocycles. The maximum Gasteiger partial charge on any atom is 0.258 e. The zero-order chi connectivity index (χ0) is 20.1. The second-order valence-corrected chi connectivity index (χ2v) is 7.23. The van der Waals surface area contributed by atoms with Crippen molar-refractivity contribution in [3.8, 4) is 23.0 Å². The van der Waals surface area contributed by atoms with E-state index in [9.17, 15) is 0 Å². The number of benzene rings is 1. The molecular weight excluding hydrogens is 354 g/mol. The Morgan fingerprint density at radius 2 is 1.89 bits per heavy atom. The molecule has 1 atom stereocenters. The number of hydrogen-bond acceptors (Lipinski definition) is 6. The van der Waals surface area contributed by atoms with Crippen LogP contribution in [0.5, 0.6) is 11.5 Å². The van der Waals surface area contributed by atoms with E-state index in [0.717, 1.165) is 24.1 Å². The normalized spacial score (nSPS) is 16.7. The Balaban J connectivity index is 1.83. The SMILES string of the molecule is CCOc1ccc(-c2nc(C3=C(C)CC(CN(C)C)C=C3)no2)cc1OCC. The standard InChI is InChI=1S/C22H29N3O3/c1-6-26-19-11-9-17(13-20(19)27-7-2)22-23-21(24-28-22)18-10-8-16(12-15(18)3)14-25(4)5/h8-11,13,16H,6-7,12,14H2,1-5H3. The number of aromatic nitrogens is 2. The summed E-state index contributed by atoms with van der Waals surface area (Å²) in [4.78, 5) is 6.83. The molecule has 0 bridgehead atoms. The molecule has 1 aromatic heterocycles. The topological polar surface area (TPSA) is 60.6 Å². The third kappa shape index (κ3) is 4.62. The van der Waals surface area contributed by atoms with Crippen molar-refractivity contribution in [3.05, 3.63) is 41.7 Å². The van der Waals surface area contributed by atoms with Crippen LogP contribution in [-0.2, 0) is 0 Å². The van der Waals surface area contributed by atoms with Gasteiger partial charge < -0.3 is 18.9 Å². The lowest BCUT2D eigenvalue weighted by Gasteiger charge is -2.22. The number of nitrogens with zero attached hydrogens (tertiary/aromatic N) is 3. The van der Waals surface area contributed by atoms with Gasteiger partial charge in [0.05, 0.1) is 13.2 Å². The molecule has 150 valence electrons. The average Bonchev–Trinajstić information content (AvgIpc) is 3.13. The van der Waals surface area contributed by atoms with Crippen molar-refractivity contribution in [3.63, 3.8) is 0 Å². The lowest BCUT2D eigenvalue weighted by molar-refractivity contribution is 0.288. The summed E-state index contributed by atoms with van der Waals surface area (Å²) in [6, 6.07) is 5.68. The van der Waals surface area contributed by atoms with Crippen LogP contribution in [0, 0.1) is 5.92 Å². The Morgan fingerprint density at radius 3 is 2.57 bits per heavy atom. The molecule has 3 rings (SSSR count). The van der Waals surface area contributed by atoms with Crippen LogP contribution in [0.25, 0.3) is 17.0 Å². The van der Waals surface area contributed by atoms with Gasteiger partial charge in [0.15, 0.2) is 11.5 Å². The minimum Gasteiger partial charge on any atom is -0.490 e. The predicted molar refractivity (Wildman–Crippen MR) is 110 cm³/mol. The summed E-state index contributed by atoms with van der Waals surface area (Å²) in [5, 5.41) is 4.21. The van der Waals surface area contributed by atoms with E-state index >= 15 is 0 Å². The van der Waals surface area contributed by atoms with E-state index in [1.165, 1.54) is 5.57 Å². The van der Waals surface area contributed by atoms with E-state index in [4.69, 9.17) is 14.0 Å². The number of ether oxygens (including phenoxy) is 2. The first-order valence-electron chi connectivity index (χ1n) is 9.78. The summed E-state index contributed by atoms with van der Waals surface area (Å²) in [5.41, 5.74) is 3.14. The summed E-state index contributed by atoms with van der Waals surface area (Å²) in [6.07, 6.45) is 5.36. The summed E-state index contributed by atoms with van der Waals surface area (Å²) in [7, 11) is 4.20. The molecule has 0 saturated carbocycles. The summed E-state index contributed by atoms with van der Waals surface area (Å²) >= 11 is 0. The highest BCUT2D eigenvalue weighted by molar-refractivity contribution is 5.74. The maximum absolute atomic E-state index is 5.70. The first-order chi connectivity index (χ1) is 13.5. The molecule has 1 unspecified atom stereocenters. The van der Waals surface area contributed by atoms with Gasteiger partial charge in [-0.25, -0.2) is 0 Å². The van der Waals surface area contributed by atoms with Crippen LogP contribution >= 0.6 is 0 Å². The van der Waals surface area contributed by atoms with Crippen molar-refractivity contribution in [2.45, 2.75) is 27.2 Å². The van der Waals surface area contributed by atoms with Gasteiger partial charge in [-0.1, -0.05) is 22.9 Å². The third-order valence-electron chi connectivity index (χ3n) is 4.62. The molecule has 0 radical (unpaired) electrons. The molecule has 0 amide bonds. The molecule has 28 heavy (non-hydrogen) atoms. The molecule has 1 aliphatic carbocycles. The van der Waals surface area contributed by atoms with Crippen LogP contribution in [0.4, 0.5) is 0 Å². The molecule has 0 fully saturated rings. The van der Waals surface area contributed by atoms with Crippen LogP contribution in [-0.4, -0.2) is 48.9 Å². The maximum atomic E-state index is 5.70. The zero-order valence-electron chi connectivity index (χ0n) is 17.4. The fourth-order valence-corrected chi connectivity index (χ4v) is 3.44. The van der Waals surface area contributed by atoms with Crippen LogP contribution in [0.2, 0.25) is 0 Å². The van der Waals surface area contributed by atoms with Gasteiger partial charge >= 0.3 is 0 Å². The molecule has 0 aliphatic heterocycles. The zero-order valence-corrected chi connectivity index (χ0v) is 17.4. The van der Waals surface area contributed by atoms with Gasteiger partial charge in [-0.15, -0.1) is 0 Å². The Kier molecular flexibility index (Phi) is 6.52. The van der Waals surface area contributed by atoms with Gasteiger partial charge in [-0.3, -0.25) is 0 Å². The molecule has 1 aromatic carbocycles. The second kappa shape index (κ2) is 9.06. The van der Waals surface area contributed by atoms with E-state index in [-0.39, 0.29) is 0 Å². The average molecular weight is 383 g/mol. The lowest BCUT2D eigenvalue weighted by Crippen LogP contribution is -2.21. The molecule has 2 aromatic rings. The van der Waals surface area contributed by atoms with Crippen LogP contribution in [0.1, 0.15) is 33.0 Å². The van der Waals surface area contributed by atoms with Crippen LogP contribution in [0.3, 0.4) is 0 Å². The highest BCUT2D eigenvalue weighted by Gasteiger charge is 2.20. The summed E-state index contributed by atoms with van der Waals surface area (Å²) < 4.78 is 16.9. The van der Waals surface area contributed by atoms with Crippen molar-refractivity contribution < 1.29 is 14.0 Å². The van der Waals surface area contributed by atoms with Crippen LogP contribution < -0.4 is 9.47 Å². The minimum absolute atomic E-state index is 0.475. The molecule has 6 nitrogen and oxygen atoms in total. The summed E-state index contributed by atoms with van der Waals surface area (Å²) in [5.74, 6) is 3.02. The third-order valence-corrected chi connectivity index (χ3v) is 4.62. The fraction of sp³-hybridized carbons (Fsp3) is 0.455. The van der Waals surface area contributed by atoms with E-state index in [1.54, 1.807) is 0 Å². The lowest BCUT2D eigenvalue weighted by atomic mass is 9.90. The van der Waals surface area contributed by atoms with Gasteiger partial charge in [-0.05, 0) is 65.4 Å². The molecule has 1 aliphatic rings. The van der Waals surface area contributed by atoms with E-state index < -0.39 is 0 Å². The molecule has 0 N–H and O–H groups in total. The molecule has 0 saturated heterocycles. The highest BCUT2D eigenvalue weighted by atomic mass is 16.5. The molecule has 0 spiro atoms. The molecule has 6 heteroatoms. The first-order valence-corrected chi connectivity index (χ1v) is 9.78. The monoisotopic (exact) mass is 383 g/mol. The van der Waals surface area contributed by atoms with Gasteiger partial charge in [0, 0.05) is 17.7 Å². The van der Waals surface area contributed by atoms with Crippen LogP contribution in [0.15, 0.2) is 40.4 Å². The number of allylic oxidation sites excluding steroid dienone is 3. The highest BCUT2D eigenvalue weighted by Crippen LogP contribution is 2.34. The Bertz CT molecular complexity index is 868. The summed E-state index contributed by atoms with van der Waals surface area (Å²) in [6.45, 7) is 8.21.